The number of carbonyl (C=O) groups excluding carboxylic acids is 1. The van der Waals surface area contributed by atoms with Gasteiger partial charge in [0.25, 0.3) is 0 Å². The predicted octanol–water partition coefficient (Wildman–Crippen LogP) is 2.67. The Kier molecular flexibility index (Phi) is 4.57. The van der Waals surface area contributed by atoms with E-state index in [1.807, 2.05) is 0 Å². The van der Waals surface area contributed by atoms with Crippen LogP contribution in [0.15, 0.2) is 22.7 Å². The molecular weight excluding hydrogens is 281 g/mol. The van der Waals surface area contributed by atoms with Crippen LogP contribution in [0.3, 0.4) is 0 Å². The van der Waals surface area contributed by atoms with Gasteiger partial charge in [-0.3, -0.25) is 0 Å². The van der Waals surface area contributed by atoms with Crippen LogP contribution in [0.5, 0.6) is 0 Å². The second-order valence-electron chi connectivity index (χ2n) is 2.90. The van der Waals surface area contributed by atoms with Gasteiger partial charge in [-0.1, -0.05) is 17.7 Å². The summed E-state index contributed by atoms with van der Waals surface area (Å²) >= 11 is 9.14. The minimum atomic E-state index is -0.782. The minimum Gasteiger partial charge on any atom is -0.465 e. The summed E-state index contributed by atoms with van der Waals surface area (Å²) in [5.41, 5.74) is 6.34. The number of esters is 1. The number of hydrogen-bond donors (Lipinski definition) is 1. The maximum absolute atomic E-state index is 11.3. The van der Waals surface area contributed by atoms with Crippen molar-refractivity contribution in [2.24, 2.45) is 5.73 Å². The molecule has 0 amide bonds. The Bertz CT molecular complexity index is 370. The first-order valence-electron chi connectivity index (χ1n) is 4.43. The molecule has 3 nitrogen and oxygen atoms in total. The monoisotopic (exact) mass is 291 g/mol. The van der Waals surface area contributed by atoms with E-state index in [2.05, 4.69) is 15.9 Å². The van der Waals surface area contributed by atoms with E-state index in [1.54, 1.807) is 25.1 Å². The van der Waals surface area contributed by atoms with E-state index >= 15 is 0 Å². The van der Waals surface area contributed by atoms with Crippen molar-refractivity contribution in [3.05, 3.63) is 33.3 Å². The molecule has 1 rings (SSSR count). The number of halogens is 2. The maximum atomic E-state index is 11.3. The maximum Gasteiger partial charge on any atom is 0.327 e. The van der Waals surface area contributed by atoms with Gasteiger partial charge in [0.2, 0.25) is 0 Å². The lowest BCUT2D eigenvalue weighted by molar-refractivity contribution is -0.144. The second-order valence-corrected chi connectivity index (χ2v) is 4.16. The fourth-order valence-corrected chi connectivity index (χ4v) is 1.51. The van der Waals surface area contributed by atoms with Gasteiger partial charge < -0.3 is 10.5 Å². The highest BCUT2D eigenvalue weighted by Gasteiger charge is 2.17. The molecule has 0 aliphatic carbocycles. The van der Waals surface area contributed by atoms with Crippen molar-refractivity contribution in [1.82, 2.24) is 0 Å². The summed E-state index contributed by atoms with van der Waals surface area (Å²) in [7, 11) is 0. The third-order valence-electron chi connectivity index (χ3n) is 1.84. The Labute approximate surface area is 102 Å². The molecule has 1 aromatic carbocycles. The van der Waals surface area contributed by atoms with E-state index in [1.165, 1.54) is 0 Å². The third-order valence-corrected chi connectivity index (χ3v) is 3.08. The number of hydrogen-bond acceptors (Lipinski definition) is 3. The van der Waals surface area contributed by atoms with Crippen molar-refractivity contribution < 1.29 is 9.53 Å². The summed E-state index contributed by atoms with van der Waals surface area (Å²) in [4.78, 5) is 11.3. The Balaban J connectivity index is 2.86. The van der Waals surface area contributed by atoms with Gasteiger partial charge in [0, 0.05) is 4.47 Å². The highest BCUT2D eigenvalue weighted by molar-refractivity contribution is 9.10. The topological polar surface area (TPSA) is 52.3 Å². The molecule has 0 radical (unpaired) electrons. The largest absolute Gasteiger partial charge is 0.465 e. The number of carbonyl (C=O) groups is 1. The van der Waals surface area contributed by atoms with E-state index in [-0.39, 0.29) is 0 Å². The Hall–Kier alpha value is -0.580. The average Bonchev–Trinajstić information content (AvgIpc) is 2.21. The van der Waals surface area contributed by atoms with Crippen LogP contribution in [0, 0.1) is 0 Å². The average molecular weight is 293 g/mol. The van der Waals surface area contributed by atoms with Crippen LogP contribution in [0.2, 0.25) is 5.02 Å². The third kappa shape index (κ3) is 3.19. The van der Waals surface area contributed by atoms with Crippen molar-refractivity contribution in [1.29, 1.82) is 0 Å². The summed E-state index contributed by atoms with van der Waals surface area (Å²) in [5, 5.41) is 0.521. The molecular formula is C10H11BrClNO2. The van der Waals surface area contributed by atoms with Crippen LogP contribution in [-0.2, 0) is 9.53 Å². The van der Waals surface area contributed by atoms with Crippen LogP contribution in [0.4, 0.5) is 0 Å². The number of nitrogens with two attached hydrogens (primary N) is 1. The van der Waals surface area contributed by atoms with Crippen molar-refractivity contribution in [2.45, 2.75) is 13.0 Å². The van der Waals surface area contributed by atoms with Gasteiger partial charge in [0.15, 0.2) is 0 Å². The van der Waals surface area contributed by atoms with Crippen molar-refractivity contribution in [3.63, 3.8) is 0 Å². The zero-order valence-electron chi connectivity index (χ0n) is 8.17. The standard InChI is InChI=1S/C10H11BrClNO2/c1-2-15-10(14)9(13)6-3-4-7(11)8(12)5-6/h3-5,9H,2,13H2,1H3. The molecule has 5 heteroatoms. The molecule has 0 aliphatic rings. The molecule has 0 aliphatic heterocycles. The molecule has 0 spiro atoms. The van der Waals surface area contributed by atoms with E-state index < -0.39 is 12.0 Å². The number of benzene rings is 1. The predicted molar refractivity (Wildman–Crippen MR) is 62.7 cm³/mol. The lowest BCUT2D eigenvalue weighted by Crippen LogP contribution is -2.23. The second kappa shape index (κ2) is 5.49. The van der Waals surface area contributed by atoms with Gasteiger partial charge in [-0.25, -0.2) is 4.79 Å². The molecule has 1 atom stereocenters. The Morgan fingerprint density at radius 3 is 2.87 bits per heavy atom. The van der Waals surface area contributed by atoms with Crippen LogP contribution < -0.4 is 5.73 Å². The summed E-state index contributed by atoms with van der Waals surface area (Å²) in [5.74, 6) is -0.448. The molecule has 2 N–H and O–H groups in total. The molecule has 0 aromatic heterocycles. The summed E-state index contributed by atoms with van der Waals surface area (Å²) in [6.45, 7) is 2.05. The zero-order valence-corrected chi connectivity index (χ0v) is 10.5. The molecule has 15 heavy (non-hydrogen) atoms. The highest BCUT2D eigenvalue weighted by atomic mass is 79.9. The van der Waals surface area contributed by atoms with Gasteiger partial charge in [0.1, 0.15) is 6.04 Å². The van der Waals surface area contributed by atoms with E-state index in [9.17, 15) is 4.79 Å². The van der Waals surface area contributed by atoms with Gasteiger partial charge in [0.05, 0.1) is 11.6 Å². The van der Waals surface area contributed by atoms with E-state index in [0.717, 1.165) is 4.47 Å². The Morgan fingerprint density at radius 2 is 2.33 bits per heavy atom. The summed E-state index contributed by atoms with van der Waals surface area (Å²) in [6.07, 6.45) is 0. The first kappa shape index (κ1) is 12.5. The van der Waals surface area contributed by atoms with E-state index in [0.29, 0.717) is 17.2 Å². The first-order chi connectivity index (χ1) is 7.06. The number of ether oxygens (including phenoxy) is 1. The molecule has 0 bridgehead atoms. The fraction of sp³-hybridized carbons (Fsp3) is 0.300. The molecule has 82 valence electrons. The lowest BCUT2D eigenvalue weighted by Gasteiger charge is -2.11. The minimum absolute atomic E-state index is 0.316. The normalized spacial score (nSPS) is 12.3. The number of rotatable bonds is 3. The summed E-state index contributed by atoms with van der Waals surface area (Å²) in [6, 6.07) is 4.34. The van der Waals surface area contributed by atoms with Gasteiger partial charge in [-0.2, -0.15) is 0 Å². The lowest BCUT2D eigenvalue weighted by atomic mass is 10.1. The van der Waals surface area contributed by atoms with E-state index in [4.69, 9.17) is 22.1 Å². The molecule has 1 unspecified atom stereocenters. The molecule has 0 saturated heterocycles. The first-order valence-corrected chi connectivity index (χ1v) is 5.60. The quantitative estimate of drug-likeness (QED) is 0.871. The van der Waals surface area contributed by atoms with Crippen LogP contribution in [0.25, 0.3) is 0 Å². The SMILES string of the molecule is CCOC(=O)C(N)c1ccc(Br)c(Cl)c1. The smallest absolute Gasteiger partial charge is 0.327 e. The van der Waals surface area contributed by atoms with Crippen molar-refractivity contribution >= 4 is 33.5 Å². The fourth-order valence-electron chi connectivity index (χ4n) is 1.07. The van der Waals surface area contributed by atoms with Gasteiger partial charge in [-0.05, 0) is 40.5 Å². The summed E-state index contributed by atoms with van der Waals surface area (Å²) < 4.78 is 5.58. The van der Waals surface area contributed by atoms with Crippen LogP contribution in [0.1, 0.15) is 18.5 Å². The highest BCUT2D eigenvalue weighted by Crippen LogP contribution is 2.25. The molecule has 0 fully saturated rings. The Morgan fingerprint density at radius 1 is 1.67 bits per heavy atom. The van der Waals surface area contributed by atoms with Crippen molar-refractivity contribution in [3.8, 4) is 0 Å². The zero-order chi connectivity index (χ0) is 11.4. The van der Waals surface area contributed by atoms with Crippen LogP contribution >= 0.6 is 27.5 Å². The molecule has 1 aromatic rings. The van der Waals surface area contributed by atoms with Gasteiger partial charge in [-0.15, -0.1) is 0 Å². The van der Waals surface area contributed by atoms with Crippen molar-refractivity contribution in [2.75, 3.05) is 6.61 Å². The molecule has 0 heterocycles. The van der Waals surface area contributed by atoms with Gasteiger partial charge >= 0.3 is 5.97 Å². The van der Waals surface area contributed by atoms with Crippen LogP contribution in [-0.4, -0.2) is 12.6 Å². The molecule has 0 saturated carbocycles.